The number of sulfone groups is 1. The Hall–Kier alpha value is -1.37. The van der Waals surface area contributed by atoms with E-state index in [4.69, 9.17) is 5.73 Å². The summed E-state index contributed by atoms with van der Waals surface area (Å²) in [7, 11) is -3.02. The van der Waals surface area contributed by atoms with Crippen LogP contribution in [-0.2, 0) is 16.3 Å². The topological polar surface area (TPSA) is 98.0 Å². The van der Waals surface area contributed by atoms with E-state index in [1.807, 2.05) is 13.8 Å². The maximum absolute atomic E-state index is 11.3. The Morgan fingerprint density at radius 2 is 2.00 bits per heavy atom. The molecule has 0 fully saturated rings. The molecule has 19 heavy (non-hydrogen) atoms. The molecule has 0 radical (unpaired) electrons. The van der Waals surface area contributed by atoms with Crippen molar-refractivity contribution in [3.8, 4) is 0 Å². The average molecular weight is 286 g/mol. The molecule has 0 aliphatic heterocycles. The van der Waals surface area contributed by atoms with Crippen molar-refractivity contribution in [2.45, 2.75) is 39.7 Å². The normalized spacial score (nSPS) is 13.3. The Kier molecular flexibility index (Phi) is 5.11. The number of aryl methyl sites for hydroxylation is 1. The first-order chi connectivity index (χ1) is 8.73. The second kappa shape index (κ2) is 6.18. The van der Waals surface area contributed by atoms with Crippen molar-refractivity contribution in [1.29, 1.82) is 0 Å². The van der Waals surface area contributed by atoms with Crippen LogP contribution in [0.1, 0.15) is 31.7 Å². The minimum atomic E-state index is -3.02. The van der Waals surface area contributed by atoms with Gasteiger partial charge in [-0.15, -0.1) is 0 Å². The monoisotopic (exact) mass is 286 g/mol. The third kappa shape index (κ3) is 5.02. The van der Waals surface area contributed by atoms with Crippen molar-refractivity contribution < 1.29 is 8.42 Å². The van der Waals surface area contributed by atoms with Gasteiger partial charge in [0.15, 0.2) is 0 Å². The largest absolute Gasteiger partial charge is 0.383 e. The summed E-state index contributed by atoms with van der Waals surface area (Å²) in [5, 5.41) is 3.10. The van der Waals surface area contributed by atoms with Gasteiger partial charge in [-0.2, -0.15) is 0 Å². The lowest BCUT2D eigenvalue weighted by atomic mass is 10.2. The average Bonchev–Trinajstić information content (AvgIpc) is 2.23. The summed E-state index contributed by atoms with van der Waals surface area (Å²) in [4.78, 5) is 8.61. The van der Waals surface area contributed by atoms with Crippen molar-refractivity contribution >= 4 is 21.5 Å². The van der Waals surface area contributed by atoms with Gasteiger partial charge < -0.3 is 11.1 Å². The van der Waals surface area contributed by atoms with Crippen LogP contribution in [0.3, 0.4) is 0 Å². The molecule has 0 aromatic carbocycles. The number of nitrogen functional groups attached to an aromatic ring is 1. The van der Waals surface area contributed by atoms with Gasteiger partial charge in [-0.1, -0.05) is 6.92 Å². The highest BCUT2D eigenvalue weighted by atomic mass is 32.2. The number of nitrogens with two attached hydrogens (primary N) is 1. The van der Waals surface area contributed by atoms with Crippen LogP contribution in [0, 0.1) is 6.92 Å². The van der Waals surface area contributed by atoms with Crippen LogP contribution in [0.15, 0.2) is 0 Å². The van der Waals surface area contributed by atoms with Gasteiger partial charge in [0, 0.05) is 24.3 Å². The molecule has 7 heteroatoms. The molecule has 6 nitrogen and oxygen atoms in total. The Balaban J connectivity index is 2.93. The number of nitrogens with zero attached hydrogens (tertiary/aromatic N) is 2. The smallest absolute Gasteiger partial charge is 0.149 e. The minimum Gasteiger partial charge on any atom is -0.383 e. The van der Waals surface area contributed by atoms with Crippen molar-refractivity contribution in [1.82, 2.24) is 9.97 Å². The van der Waals surface area contributed by atoms with Crippen molar-refractivity contribution in [2.75, 3.05) is 23.1 Å². The van der Waals surface area contributed by atoms with Gasteiger partial charge in [0.05, 0.1) is 5.75 Å². The van der Waals surface area contributed by atoms with Crippen molar-refractivity contribution in [2.24, 2.45) is 0 Å². The van der Waals surface area contributed by atoms with Gasteiger partial charge in [0.25, 0.3) is 0 Å². The summed E-state index contributed by atoms with van der Waals surface area (Å²) < 4.78 is 22.5. The lowest BCUT2D eigenvalue weighted by molar-refractivity contribution is 0.598. The SMILES string of the molecule is CCCc1nc(N)c(C)c(NC(C)CS(C)(=O)=O)n1. The fourth-order valence-electron chi connectivity index (χ4n) is 1.79. The zero-order valence-corrected chi connectivity index (χ0v) is 12.7. The fraction of sp³-hybridized carbons (Fsp3) is 0.667. The molecular weight excluding hydrogens is 264 g/mol. The van der Waals surface area contributed by atoms with E-state index >= 15 is 0 Å². The summed E-state index contributed by atoms with van der Waals surface area (Å²) in [5.74, 6) is 1.79. The number of hydrogen-bond acceptors (Lipinski definition) is 6. The van der Waals surface area contributed by atoms with E-state index in [1.165, 1.54) is 6.26 Å². The number of rotatable bonds is 6. The first kappa shape index (κ1) is 15.7. The Morgan fingerprint density at radius 1 is 1.37 bits per heavy atom. The van der Waals surface area contributed by atoms with Crippen LogP contribution in [0.4, 0.5) is 11.6 Å². The standard InChI is InChI=1S/C12H22N4O2S/c1-5-6-10-15-11(13)9(3)12(16-10)14-8(2)7-19(4,17)18/h8H,5-7H2,1-4H3,(H3,13,14,15,16). The zero-order valence-electron chi connectivity index (χ0n) is 11.9. The second-order valence-corrected chi connectivity index (χ2v) is 7.07. The molecule has 0 saturated carbocycles. The predicted molar refractivity (Wildman–Crippen MR) is 78.0 cm³/mol. The molecule has 0 amide bonds. The van der Waals surface area contributed by atoms with Crippen molar-refractivity contribution in [3.05, 3.63) is 11.4 Å². The first-order valence-corrected chi connectivity index (χ1v) is 8.36. The molecule has 0 spiro atoms. The summed E-state index contributed by atoms with van der Waals surface area (Å²) >= 11 is 0. The predicted octanol–water partition coefficient (Wildman–Crippen LogP) is 1.16. The highest BCUT2D eigenvalue weighted by Gasteiger charge is 2.14. The van der Waals surface area contributed by atoms with Crippen LogP contribution in [0.2, 0.25) is 0 Å². The molecule has 108 valence electrons. The number of aromatic nitrogens is 2. The van der Waals surface area contributed by atoms with Gasteiger partial charge in [0.1, 0.15) is 27.3 Å². The zero-order chi connectivity index (χ0) is 14.6. The second-order valence-electron chi connectivity index (χ2n) is 4.89. The number of nitrogens with one attached hydrogen (secondary N) is 1. The summed E-state index contributed by atoms with van der Waals surface area (Å²) in [6.07, 6.45) is 2.90. The van der Waals surface area contributed by atoms with Gasteiger partial charge in [-0.25, -0.2) is 18.4 Å². The molecule has 1 aromatic rings. The van der Waals surface area contributed by atoms with Crippen LogP contribution in [-0.4, -0.2) is 36.4 Å². The Morgan fingerprint density at radius 3 is 2.53 bits per heavy atom. The first-order valence-electron chi connectivity index (χ1n) is 6.30. The van der Waals surface area contributed by atoms with E-state index in [2.05, 4.69) is 15.3 Å². The summed E-state index contributed by atoms with van der Waals surface area (Å²) in [5.41, 5.74) is 6.60. The third-order valence-electron chi connectivity index (χ3n) is 2.64. The fourth-order valence-corrected chi connectivity index (χ4v) is 2.78. The van der Waals surface area contributed by atoms with E-state index < -0.39 is 9.84 Å². The molecule has 0 bridgehead atoms. The van der Waals surface area contributed by atoms with E-state index in [1.54, 1.807) is 6.92 Å². The van der Waals surface area contributed by atoms with Gasteiger partial charge in [0.2, 0.25) is 0 Å². The Labute approximate surface area is 114 Å². The van der Waals surface area contributed by atoms with Gasteiger partial charge >= 0.3 is 0 Å². The molecule has 1 atom stereocenters. The maximum atomic E-state index is 11.3. The molecule has 1 aromatic heterocycles. The van der Waals surface area contributed by atoms with E-state index in [9.17, 15) is 8.42 Å². The Bertz CT molecular complexity index is 543. The van der Waals surface area contributed by atoms with Crippen LogP contribution >= 0.6 is 0 Å². The minimum absolute atomic E-state index is 0.0550. The van der Waals surface area contributed by atoms with Gasteiger partial charge in [-0.05, 0) is 20.3 Å². The third-order valence-corrected chi connectivity index (χ3v) is 3.74. The molecule has 1 unspecified atom stereocenters. The highest BCUT2D eigenvalue weighted by Crippen LogP contribution is 2.18. The molecule has 0 aliphatic carbocycles. The van der Waals surface area contributed by atoms with Crippen molar-refractivity contribution in [3.63, 3.8) is 0 Å². The van der Waals surface area contributed by atoms with Gasteiger partial charge in [-0.3, -0.25) is 0 Å². The molecule has 0 saturated heterocycles. The van der Waals surface area contributed by atoms with E-state index in [0.717, 1.165) is 18.4 Å². The molecule has 1 rings (SSSR count). The molecule has 3 N–H and O–H groups in total. The molecule has 0 aliphatic rings. The van der Waals surface area contributed by atoms with Crippen LogP contribution in [0.5, 0.6) is 0 Å². The maximum Gasteiger partial charge on any atom is 0.149 e. The lowest BCUT2D eigenvalue weighted by Gasteiger charge is -2.16. The lowest BCUT2D eigenvalue weighted by Crippen LogP contribution is -2.26. The summed E-state index contributed by atoms with van der Waals surface area (Å²) in [6.45, 7) is 5.66. The highest BCUT2D eigenvalue weighted by molar-refractivity contribution is 7.90. The number of hydrogen-bond donors (Lipinski definition) is 2. The van der Waals surface area contributed by atoms with Crippen LogP contribution < -0.4 is 11.1 Å². The van der Waals surface area contributed by atoms with E-state index in [0.29, 0.717) is 17.5 Å². The quantitative estimate of drug-likeness (QED) is 0.814. The van der Waals surface area contributed by atoms with E-state index in [-0.39, 0.29) is 11.8 Å². The summed E-state index contributed by atoms with van der Waals surface area (Å²) in [6, 6.07) is -0.225. The molecular formula is C12H22N4O2S. The molecule has 1 heterocycles. The van der Waals surface area contributed by atoms with Crippen LogP contribution in [0.25, 0.3) is 0 Å². The number of anilines is 2.